The third-order valence-corrected chi connectivity index (χ3v) is 1.76. The lowest BCUT2D eigenvalue weighted by molar-refractivity contribution is 0.0690. The maximum absolute atomic E-state index is 10.6. The van der Waals surface area contributed by atoms with Crippen LogP contribution in [-0.4, -0.2) is 22.7 Å². The number of carboxylic acids is 1. The van der Waals surface area contributed by atoms with Crippen LogP contribution >= 0.6 is 0 Å². The van der Waals surface area contributed by atoms with Crippen LogP contribution in [0, 0.1) is 0 Å². The topological polar surface area (TPSA) is 59.4 Å². The minimum Gasteiger partial charge on any atom is -0.477 e. The second-order valence-corrected chi connectivity index (χ2v) is 2.94. The maximum atomic E-state index is 10.6. The molecule has 1 rings (SSSR count). The molecule has 4 heteroatoms. The first-order valence-corrected chi connectivity index (χ1v) is 4.61. The van der Waals surface area contributed by atoms with Gasteiger partial charge in [-0.3, -0.25) is 0 Å². The van der Waals surface area contributed by atoms with Crippen LogP contribution in [0.2, 0.25) is 0 Å². The highest BCUT2D eigenvalue weighted by molar-refractivity contribution is 5.85. The summed E-state index contributed by atoms with van der Waals surface area (Å²) in [6.07, 6.45) is 5.26. The number of ether oxygens (including phenoxy) is 1. The average Bonchev–Trinajstić information content (AvgIpc) is 2.25. The largest absolute Gasteiger partial charge is 0.477 e. The van der Waals surface area contributed by atoms with Crippen LogP contribution in [0.4, 0.5) is 0 Å². The van der Waals surface area contributed by atoms with Gasteiger partial charge in [-0.1, -0.05) is 12.2 Å². The van der Waals surface area contributed by atoms with Crippen LogP contribution in [0.3, 0.4) is 0 Å². The van der Waals surface area contributed by atoms with Gasteiger partial charge in [-0.2, -0.15) is 0 Å². The third-order valence-electron chi connectivity index (χ3n) is 1.76. The predicted octanol–water partition coefficient (Wildman–Crippen LogP) is 1.87. The van der Waals surface area contributed by atoms with Crippen LogP contribution in [0.25, 0.3) is 0 Å². The highest BCUT2D eigenvalue weighted by Crippen LogP contribution is 2.03. The number of allylic oxidation sites excluding steroid dienone is 1. The van der Waals surface area contributed by atoms with Gasteiger partial charge in [0, 0.05) is 6.20 Å². The Morgan fingerprint density at radius 1 is 1.67 bits per heavy atom. The number of aromatic nitrogens is 1. The molecule has 1 N–H and O–H groups in total. The number of carbonyl (C=O) groups is 1. The van der Waals surface area contributed by atoms with Gasteiger partial charge in [0.15, 0.2) is 0 Å². The smallest absolute Gasteiger partial charge is 0.354 e. The fourth-order valence-corrected chi connectivity index (χ4v) is 1.02. The van der Waals surface area contributed by atoms with Gasteiger partial charge >= 0.3 is 5.97 Å². The summed E-state index contributed by atoms with van der Waals surface area (Å²) in [5, 5.41) is 8.70. The van der Waals surface area contributed by atoms with Gasteiger partial charge in [0.1, 0.15) is 5.69 Å². The van der Waals surface area contributed by atoms with E-state index in [1.807, 2.05) is 19.1 Å². The van der Waals surface area contributed by atoms with E-state index in [1.165, 1.54) is 12.3 Å². The number of hydrogen-bond donors (Lipinski definition) is 1. The number of rotatable bonds is 5. The van der Waals surface area contributed by atoms with Crippen molar-refractivity contribution in [2.24, 2.45) is 0 Å². The summed E-state index contributed by atoms with van der Waals surface area (Å²) in [6.45, 7) is 2.84. The fraction of sp³-hybridized carbons (Fsp3) is 0.273. The molecular formula is C11H13NO3. The molecule has 0 aliphatic rings. The summed E-state index contributed by atoms with van der Waals surface area (Å²) in [5.41, 5.74) is 0.856. The van der Waals surface area contributed by atoms with Gasteiger partial charge < -0.3 is 9.84 Å². The molecule has 1 aromatic rings. The maximum Gasteiger partial charge on any atom is 0.354 e. The molecule has 0 amide bonds. The summed E-state index contributed by atoms with van der Waals surface area (Å²) in [5.74, 6) is -1.02. The Kier molecular flexibility index (Phi) is 4.50. The molecule has 0 fully saturated rings. The number of aromatic carboxylic acids is 1. The van der Waals surface area contributed by atoms with Crippen molar-refractivity contribution in [3.8, 4) is 0 Å². The van der Waals surface area contributed by atoms with Gasteiger partial charge in [0.25, 0.3) is 0 Å². The normalized spacial score (nSPS) is 10.7. The van der Waals surface area contributed by atoms with Crippen LogP contribution in [0.1, 0.15) is 23.0 Å². The molecule has 0 aliphatic heterocycles. The van der Waals surface area contributed by atoms with E-state index in [9.17, 15) is 4.79 Å². The Bertz CT molecular complexity index is 361. The summed E-state index contributed by atoms with van der Waals surface area (Å²) in [7, 11) is 0. The number of pyridine rings is 1. The highest BCUT2D eigenvalue weighted by atomic mass is 16.5. The first-order valence-electron chi connectivity index (χ1n) is 4.61. The average molecular weight is 207 g/mol. The zero-order valence-electron chi connectivity index (χ0n) is 8.51. The molecule has 0 aliphatic carbocycles. The van der Waals surface area contributed by atoms with E-state index in [0.29, 0.717) is 13.2 Å². The molecule has 80 valence electrons. The monoisotopic (exact) mass is 207 g/mol. The van der Waals surface area contributed by atoms with Crippen LogP contribution in [-0.2, 0) is 11.3 Å². The Morgan fingerprint density at radius 3 is 3.13 bits per heavy atom. The fourth-order valence-electron chi connectivity index (χ4n) is 1.02. The second-order valence-electron chi connectivity index (χ2n) is 2.94. The zero-order chi connectivity index (χ0) is 11.1. The Hall–Kier alpha value is -1.68. The Morgan fingerprint density at radius 2 is 2.47 bits per heavy atom. The molecule has 0 aromatic carbocycles. The van der Waals surface area contributed by atoms with Gasteiger partial charge in [-0.05, 0) is 24.6 Å². The van der Waals surface area contributed by atoms with Crippen LogP contribution < -0.4 is 0 Å². The molecule has 0 unspecified atom stereocenters. The van der Waals surface area contributed by atoms with Crippen molar-refractivity contribution in [3.63, 3.8) is 0 Å². The summed E-state index contributed by atoms with van der Waals surface area (Å²) < 4.78 is 5.29. The van der Waals surface area contributed by atoms with E-state index in [4.69, 9.17) is 9.84 Å². The molecule has 0 radical (unpaired) electrons. The van der Waals surface area contributed by atoms with Gasteiger partial charge in [0.2, 0.25) is 0 Å². The Labute approximate surface area is 88.2 Å². The Balaban J connectivity index is 2.54. The van der Waals surface area contributed by atoms with Gasteiger partial charge in [0.05, 0.1) is 13.2 Å². The highest BCUT2D eigenvalue weighted by Gasteiger charge is 2.04. The van der Waals surface area contributed by atoms with Crippen LogP contribution in [0.5, 0.6) is 0 Å². The molecule has 0 saturated carbocycles. The SMILES string of the molecule is CC=CCOCc1ccnc(C(=O)O)c1. The predicted molar refractivity (Wildman–Crippen MR) is 55.7 cm³/mol. The standard InChI is InChI=1S/C11H13NO3/c1-2-3-6-15-8-9-4-5-12-10(7-9)11(13)14/h2-5,7H,6,8H2,1H3,(H,13,14). The summed E-state index contributed by atoms with van der Waals surface area (Å²) >= 11 is 0. The molecule has 0 spiro atoms. The van der Waals surface area contributed by atoms with Gasteiger partial charge in [-0.15, -0.1) is 0 Å². The zero-order valence-corrected chi connectivity index (χ0v) is 8.51. The third kappa shape index (κ3) is 3.91. The van der Waals surface area contributed by atoms with Crippen molar-refractivity contribution in [1.29, 1.82) is 0 Å². The minimum absolute atomic E-state index is 0.0436. The lowest BCUT2D eigenvalue weighted by Gasteiger charge is -2.02. The number of carboxylic acid groups (broad SMARTS) is 1. The van der Waals surface area contributed by atoms with E-state index >= 15 is 0 Å². The van der Waals surface area contributed by atoms with Crippen molar-refractivity contribution in [3.05, 3.63) is 41.7 Å². The lowest BCUT2D eigenvalue weighted by Crippen LogP contribution is -2.01. The number of hydrogen-bond acceptors (Lipinski definition) is 3. The van der Waals surface area contributed by atoms with E-state index in [1.54, 1.807) is 6.07 Å². The van der Waals surface area contributed by atoms with Crippen LogP contribution in [0.15, 0.2) is 30.5 Å². The molecule has 0 bridgehead atoms. The minimum atomic E-state index is -1.02. The molecular weight excluding hydrogens is 194 g/mol. The van der Waals surface area contributed by atoms with E-state index < -0.39 is 5.97 Å². The quantitative estimate of drug-likeness (QED) is 0.591. The van der Waals surface area contributed by atoms with Crippen molar-refractivity contribution in [1.82, 2.24) is 4.98 Å². The summed E-state index contributed by atoms with van der Waals surface area (Å²) in [4.78, 5) is 14.3. The molecule has 1 aromatic heterocycles. The second kappa shape index (κ2) is 5.93. The first-order chi connectivity index (χ1) is 7.24. The van der Waals surface area contributed by atoms with Crippen molar-refractivity contribution in [2.45, 2.75) is 13.5 Å². The van der Waals surface area contributed by atoms with Gasteiger partial charge in [-0.25, -0.2) is 9.78 Å². The first kappa shape index (κ1) is 11.4. The van der Waals surface area contributed by atoms with E-state index in [-0.39, 0.29) is 5.69 Å². The van der Waals surface area contributed by atoms with E-state index in [2.05, 4.69) is 4.98 Å². The van der Waals surface area contributed by atoms with E-state index in [0.717, 1.165) is 5.56 Å². The lowest BCUT2D eigenvalue weighted by atomic mass is 10.2. The number of nitrogens with zero attached hydrogens (tertiary/aromatic N) is 1. The van der Waals surface area contributed by atoms with Crippen molar-refractivity contribution in [2.75, 3.05) is 6.61 Å². The molecule has 4 nitrogen and oxygen atoms in total. The van der Waals surface area contributed by atoms with Crippen molar-refractivity contribution < 1.29 is 14.6 Å². The molecule has 15 heavy (non-hydrogen) atoms. The summed E-state index contributed by atoms with van der Waals surface area (Å²) in [6, 6.07) is 3.25. The molecule has 0 atom stereocenters. The molecule has 0 saturated heterocycles. The van der Waals surface area contributed by atoms with Crippen molar-refractivity contribution >= 4 is 5.97 Å². The molecule has 1 heterocycles.